The maximum atomic E-state index is 12.7. The largest absolute Gasteiger partial charge is 0.507 e. The SMILES string of the molecule is O=C(O)c1ccc2cc(OC(=O)c3cc4ccccc4cc3O)c(C(=O)O)cc2c1. The van der Waals surface area contributed by atoms with Crippen molar-refractivity contribution < 1.29 is 34.4 Å². The molecule has 30 heavy (non-hydrogen) atoms. The molecule has 4 rings (SSSR count). The zero-order valence-corrected chi connectivity index (χ0v) is 15.3. The summed E-state index contributed by atoms with van der Waals surface area (Å²) in [4.78, 5) is 35.5. The van der Waals surface area contributed by atoms with E-state index in [4.69, 9.17) is 9.84 Å². The van der Waals surface area contributed by atoms with Crippen LogP contribution in [0, 0.1) is 0 Å². The number of carboxylic acids is 2. The van der Waals surface area contributed by atoms with E-state index in [1.165, 1.54) is 42.5 Å². The van der Waals surface area contributed by atoms with Crippen molar-refractivity contribution in [1.82, 2.24) is 0 Å². The third-order valence-electron chi connectivity index (χ3n) is 4.70. The summed E-state index contributed by atoms with van der Waals surface area (Å²) >= 11 is 0. The van der Waals surface area contributed by atoms with Crippen LogP contribution in [0.15, 0.2) is 66.7 Å². The Morgan fingerprint density at radius 2 is 1.30 bits per heavy atom. The van der Waals surface area contributed by atoms with Crippen LogP contribution >= 0.6 is 0 Å². The Labute approximate surface area is 169 Å². The van der Waals surface area contributed by atoms with Crippen LogP contribution < -0.4 is 4.74 Å². The molecule has 0 atom stereocenters. The van der Waals surface area contributed by atoms with Crippen molar-refractivity contribution in [3.05, 3.63) is 83.4 Å². The predicted molar refractivity (Wildman–Crippen MR) is 108 cm³/mol. The summed E-state index contributed by atoms with van der Waals surface area (Å²) in [7, 11) is 0. The molecular formula is C23H14O7. The van der Waals surface area contributed by atoms with Crippen molar-refractivity contribution in [2.24, 2.45) is 0 Å². The normalized spacial score (nSPS) is 10.8. The first kappa shape index (κ1) is 18.9. The van der Waals surface area contributed by atoms with E-state index < -0.39 is 17.9 Å². The molecule has 0 amide bonds. The van der Waals surface area contributed by atoms with Crippen LogP contribution in [0.2, 0.25) is 0 Å². The molecule has 148 valence electrons. The monoisotopic (exact) mass is 402 g/mol. The number of hydrogen-bond donors (Lipinski definition) is 3. The lowest BCUT2D eigenvalue weighted by Crippen LogP contribution is -2.12. The number of phenols is 1. The Kier molecular flexibility index (Phi) is 4.56. The Hall–Kier alpha value is -4.39. The van der Waals surface area contributed by atoms with Crippen molar-refractivity contribution in [3.63, 3.8) is 0 Å². The van der Waals surface area contributed by atoms with Gasteiger partial charge in [-0.1, -0.05) is 30.3 Å². The molecule has 0 heterocycles. The van der Waals surface area contributed by atoms with Crippen LogP contribution in [0.5, 0.6) is 11.5 Å². The fourth-order valence-electron chi connectivity index (χ4n) is 3.21. The topological polar surface area (TPSA) is 121 Å². The van der Waals surface area contributed by atoms with E-state index in [-0.39, 0.29) is 28.2 Å². The number of fused-ring (bicyclic) bond motifs is 2. The van der Waals surface area contributed by atoms with Crippen LogP contribution in [-0.4, -0.2) is 33.2 Å². The molecule has 0 aliphatic rings. The quantitative estimate of drug-likeness (QED) is 0.343. The fourth-order valence-corrected chi connectivity index (χ4v) is 3.21. The van der Waals surface area contributed by atoms with E-state index in [0.717, 1.165) is 5.39 Å². The minimum atomic E-state index is -1.34. The fraction of sp³-hybridized carbons (Fsp3) is 0. The average molecular weight is 402 g/mol. The van der Waals surface area contributed by atoms with Crippen LogP contribution in [0.3, 0.4) is 0 Å². The lowest BCUT2D eigenvalue weighted by molar-refractivity contribution is 0.0673. The zero-order valence-electron chi connectivity index (χ0n) is 15.3. The number of aromatic hydroxyl groups is 1. The predicted octanol–water partition coefficient (Wildman–Crippen LogP) is 4.31. The molecule has 0 bridgehead atoms. The lowest BCUT2D eigenvalue weighted by Gasteiger charge is -2.11. The first-order valence-corrected chi connectivity index (χ1v) is 8.82. The molecule has 3 N–H and O–H groups in total. The maximum Gasteiger partial charge on any atom is 0.347 e. The van der Waals surface area contributed by atoms with Gasteiger partial charge in [-0.2, -0.15) is 0 Å². The van der Waals surface area contributed by atoms with E-state index in [0.29, 0.717) is 16.2 Å². The summed E-state index contributed by atoms with van der Waals surface area (Å²) in [5.74, 6) is -3.90. The molecule has 0 saturated carbocycles. The molecule has 0 aliphatic heterocycles. The van der Waals surface area contributed by atoms with Gasteiger partial charge in [0.2, 0.25) is 0 Å². The molecular weight excluding hydrogens is 388 g/mol. The molecule has 4 aromatic carbocycles. The van der Waals surface area contributed by atoms with Gasteiger partial charge in [-0.15, -0.1) is 0 Å². The Morgan fingerprint density at radius 3 is 1.97 bits per heavy atom. The minimum Gasteiger partial charge on any atom is -0.507 e. The van der Waals surface area contributed by atoms with Gasteiger partial charge in [-0.3, -0.25) is 0 Å². The van der Waals surface area contributed by atoms with Gasteiger partial charge in [-0.25, -0.2) is 14.4 Å². The van der Waals surface area contributed by atoms with Crippen LogP contribution in [0.4, 0.5) is 0 Å². The summed E-state index contributed by atoms with van der Waals surface area (Å²) in [6.07, 6.45) is 0. The van der Waals surface area contributed by atoms with Crippen LogP contribution in [0.1, 0.15) is 31.1 Å². The van der Waals surface area contributed by atoms with Gasteiger partial charge < -0.3 is 20.1 Å². The van der Waals surface area contributed by atoms with Crippen molar-refractivity contribution in [3.8, 4) is 11.5 Å². The third-order valence-corrected chi connectivity index (χ3v) is 4.70. The number of benzene rings is 4. The Morgan fingerprint density at radius 1 is 0.667 bits per heavy atom. The van der Waals surface area contributed by atoms with Crippen molar-refractivity contribution in [1.29, 1.82) is 0 Å². The highest BCUT2D eigenvalue weighted by molar-refractivity contribution is 6.03. The van der Waals surface area contributed by atoms with Crippen molar-refractivity contribution in [2.45, 2.75) is 0 Å². The van der Waals surface area contributed by atoms with Gasteiger partial charge in [0.1, 0.15) is 22.6 Å². The summed E-state index contributed by atoms with van der Waals surface area (Å²) in [6, 6.07) is 16.8. The zero-order chi connectivity index (χ0) is 21.4. The van der Waals surface area contributed by atoms with E-state index in [9.17, 15) is 24.6 Å². The number of carbonyl (C=O) groups excluding carboxylic acids is 1. The summed E-state index contributed by atoms with van der Waals surface area (Å²) in [6.45, 7) is 0. The van der Waals surface area contributed by atoms with Gasteiger partial charge in [0.25, 0.3) is 0 Å². The smallest absolute Gasteiger partial charge is 0.347 e. The second kappa shape index (κ2) is 7.21. The molecule has 0 fully saturated rings. The van der Waals surface area contributed by atoms with E-state index >= 15 is 0 Å². The van der Waals surface area contributed by atoms with Gasteiger partial charge in [-0.05, 0) is 57.9 Å². The van der Waals surface area contributed by atoms with Gasteiger partial charge in [0.15, 0.2) is 0 Å². The lowest BCUT2D eigenvalue weighted by atomic mass is 10.0. The number of esters is 1. The maximum absolute atomic E-state index is 12.7. The third kappa shape index (κ3) is 3.40. The van der Waals surface area contributed by atoms with Crippen LogP contribution in [-0.2, 0) is 0 Å². The highest BCUT2D eigenvalue weighted by Gasteiger charge is 2.20. The molecule has 0 saturated heterocycles. The van der Waals surface area contributed by atoms with Crippen molar-refractivity contribution in [2.75, 3.05) is 0 Å². The summed E-state index contributed by atoms with van der Waals surface area (Å²) in [5, 5.41) is 31.2. The van der Waals surface area contributed by atoms with Gasteiger partial charge >= 0.3 is 17.9 Å². The van der Waals surface area contributed by atoms with Gasteiger partial charge in [0.05, 0.1) is 5.56 Å². The molecule has 0 radical (unpaired) electrons. The Bertz CT molecular complexity index is 1350. The van der Waals surface area contributed by atoms with Crippen molar-refractivity contribution >= 4 is 39.5 Å². The molecule has 0 aromatic heterocycles. The number of carboxylic acid groups (broad SMARTS) is 2. The van der Waals surface area contributed by atoms with E-state index in [1.807, 2.05) is 0 Å². The van der Waals surface area contributed by atoms with E-state index in [1.54, 1.807) is 24.3 Å². The number of rotatable bonds is 4. The van der Waals surface area contributed by atoms with Crippen LogP contribution in [0.25, 0.3) is 21.5 Å². The second-order valence-electron chi connectivity index (χ2n) is 6.63. The number of carbonyl (C=O) groups is 3. The first-order valence-electron chi connectivity index (χ1n) is 8.82. The Balaban J connectivity index is 1.77. The molecule has 4 aromatic rings. The molecule has 7 nitrogen and oxygen atoms in total. The van der Waals surface area contributed by atoms with E-state index in [2.05, 4.69) is 0 Å². The average Bonchev–Trinajstić information content (AvgIpc) is 2.72. The first-order chi connectivity index (χ1) is 14.3. The number of phenolic OH excluding ortho intramolecular Hbond substituents is 1. The summed E-state index contributed by atoms with van der Waals surface area (Å²) in [5.41, 5.74) is -0.408. The standard InChI is InChI=1S/C23H14O7/c24-19-10-13-4-2-1-3-12(13)8-17(19)23(29)30-20-11-14-5-6-15(21(25)26)7-16(14)9-18(20)22(27)28/h1-11,24H,(H,25,26)(H,27,28). The highest BCUT2D eigenvalue weighted by Crippen LogP contribution is 2.30. The highest BCUT2D eigenvalue weighted by atomic mass is 16.5. The summed E-state index contributed by atoms with van der Waals surface area (Å²) < 4.78 is 5.31. The molecule has 0 spiro atoms. The number of ether oxygens (including phenoxy) is 1. The molecule has 7 heteroatoms. The number of hydrogen-bond acceptors (Lipinski definition) is 5. The van der Waals surface area contributed by atoms with Gasteiger partial charge in [0, 0.05) is 0 Å². The molecule has 0 unspecified atom stereocenters. The number of aromatic carboxylic acids is 2. The molecule has 0 aliphatic carbocycles. The second-order valence-corrected chi connectivity index (χ2v) is 6.63. The minimum absolute atomic E-state index is 0.00432.